The third-order valence-corrected chi connectivity index (χ3v) is 4.52. The second-order valence-corrected chi connectivity index (χ2v) is 5.94. The van der Waals surface area contributed by atoms with Crippen molar-refractivity contribution in [3.05, 3.63) is 83.4 Å². The number of hydrogen-bond donors (Lipinski definition) is 0. The molecule has 0 heterocycles. The Labute approximate surface area is 140 Å². The van der Waals surface area contributed by atoms with Crippen LogP contribution in [-0.2, 0) is 0 Å². The van der Waals surface area contributed by atoms with Crippen molar-refractivity contribution < 1.29 is 0 Å². The lowest BCUT2D eigenvalue weighted by atomic mass is 9.93. The lowest BCUT2D eigenvalue weighted by Gasteiger charge is -2.11. The number of benzene rings is 4. The quantitative estimate of drug-likeness (QED) is 0.286. The molecule has 4 aromatic carbocycles. The van der Waals surface area contributed by atoms with Crippen LogP contribution in [0.1, 0.15) is 5.56 Å². The van der Waals surface area contributed by atoms with Gasteiger partial charge in [-0.3, -0.25) is 0 Å². The van der Waals surface area contributed by atoms with Crippen LogP contribution in [0.15, 0.2) is 72.8 Å². The van der Waals surface area contributed by atoms with Gasteiger partial charge in [-0.25, -0.2) is 0 Å². The van der Waals surface area contributed by atoms with Gasteiger partial charge in [-0.1, -0.05) is 72.1 Å². The molecule has 0 unspecified atom stereocenters. The first-order valence-corrected chi connectivity index (χ1v) is 7.83. The Hall–Kier alpha value is -2.75. The number of fused-ring (bicyclic) bond motifs is 3. The van der Waals surface area contributed by atoms with Crippen molar-refractivity contribution >= 4 is 33.1 Å². The molecule has 4 aromatic rings. The third kappa shape index (κ3) is 2.27. The Kier molecular flexibility index (Phi) is 3.30. The highest BCUT2D eigenvalue weighted by Gasteiger charge is 2.09. The molecule has 0 nitrogen and oxygen atoms in total. The minimum Gasteiger partial charge on any atom is -0.115 e. The predicted octanol–water partition coefficient (Wildman–Crippen LogP) is 6.29. The summed E-state index contributed by atoms with van der Waals surface area (Å²) in [6, 6.07) is 25.0. The van der Waals surface area contributed by atoms with E-state index in [1.165, 1.54) is 27.1 Å². The number of rotatable bonds is 1. The van der Waals surface area contributed by atoms with E-state index in [2.05, 4.69) is 60.5 Å². The average molecular weight is 313 g/mol. The highest BCUT2D eigenvalue weighted by molar-refractivity contribution is 6.32. The van der Waals surface area contributed by atoms with Gasteiger partial charge in [0.15, 0.2) is 0 Å². The van der Waals surface area contributed by atoms with E-state index >= 15 is 0 Å². The Morgan fingerprint density at radius 1 is 0.739 bits per heavy atom. The number of halogens is 1. The van der Waals surface area contributed by atoms with Crippen molar-refractivity contribution in [1.29, 1.82) is 0 Å². The lowest BCUT2D eigenvalue weighted by Crippen LogP contribution is -1.86. The van der Waals surface area contributed by atoms with E-state index in [0.29, 0.717) is 5.02 Å². The van der Waals surface area contributed by atoms with E-state index in [9.17, 15) is 0 Å². The summed E-state index contributed by atoms with van der Waals surface area (Å²) < 4.78 is 0. The van der Waals surface area contributed by atoms with E-state index in [4.69, 9.17) is 18.0 Å². The van der Waals surface area contributed by atoms with Crippen LogP contribution in [0.5, 0.6) is 0 Å². The molecular weight excluding hydrogens is 300 g/mol. The highest BCUT2D eigenvalue weighted by atomic mass is 35.5. The van der Waals surface area contributed by atoms with Crippen LogP contribution < -0.4 is 0 Å². The van der Waals surface area contributed by atoms with Gasteiger partial charge in [0, 0.05) is 5.56 Å². The molecule has 0 aliphatic heterocycles. The van der Waals surface area contributed by atoms with Gasteiger partial charge in [0.1, 0.15) is 0 Å². The van der Waals surface area contributed by atoms with Crippen LogP contribution in [0.3, 0.4) is 0 Å². The largest absolute Gasteiger partial charge is 0.115 e. The van der Waals surface area contributed by atoms with Gasteiger partial charge in [0.05, 0.1) is 5.02 Å². The summed E-state index contributed by atoms with van der Waals surface area (Å²) in [6.07, 6.45) is 5.47. The first kappa shape index (κ1) is 13.9. The molecule has 0 aromatic heterocycles. The smallest absolute Gasteiger partial charge is 0.0568 e. The maximum Gasteiger partial charge on any atom is 0.0568 e. The van der Waals surface area contributed by atoms with E-state index < -0.39 is 0 Å². The predicted molar refractivity (Wildman–Crippen MR) is 99.8 cm³/mol. The third-order valence-electron chi connectivity index (χ3n) is 4.20. The first-order valence-electron chi connectivity index (χ1n) is 7.45. The van der Waals surface area contributed by atoms with Crippen molar-refractivity contribution in [3.8, 4) is 23.5 Å². The van der Waals surface area contributed by atoms with Crippen LogP contribution in [0.4, 0.5) is 0 Å². The standard InChI is InChI=1S/C22H13Cl/c1-2-15-11-12-17(14-22(15)23)21-13-16-7-3-4-8-18(16)19-9-5-6-10-20(19)21/h1,3-14H. The Morgan fingerprint density at radius 3 is 2.17 bits per heavy atom. The molecule has 0 spiro atoms. The van der Waals surface area contributed by atoms with Gasteiger partial charge < -0.3 is 0 Å². The second kappa shape index (κ2) is 5.47. The van der Waals surface area contributed by atoms with Crippen LogP contribution in [0.25, 0.3) is 32.7 Å². The summed E-state index contributed by atoms with van der Waals surface area (Å²) in [5, 5.41) is 5.56. The molecule has 0 saturated heterocycles. The SMILES string of the molecule is C#Cc1ccc(-c2cc3ccccc3c3ccccc23)cc1Cl. The summed E-state index contributed by atoms with van der Waals surface area (Å²) in [6.45, 7) is 0. The lowest BCUT2D eigenvalue weighted by molar-refractivity contribution is 1.62. The van der Waals surface area contributed by atoms with Crippen molar-refractivity contribution in [2.45, 2.75) is 0 Å². The molecule has 0 saturated carbocycles. The van der Waals surface area contributed by atoms with Gasteiger partial charge in [-0.05, 0) is 50.9 Å². The Bertz CT molecular complexity index is 1080. The molecule has 0 fully saturated rings. The Morgan fingerprint density at radius 2 is 1.43 bits per heavy atom. The average Bonchev–Trinajstić information content (AvgIpc) is 2.61. The molecule has 4 rings (SSSR count). The van der Waals surface area contributed by atoms with Crippen molar-refractivity contribution in [3.63, 3.8) is 0 Å². The zero-order valence-electron chi connectivity index (χ0n) is 12.4. The fourth-order valence-corrected chi connectivity index (χ4v) is 3.33. The van der Waals surface area contributed by atoms with Crippen molar-refractivity contribution in [1.82, 2.24) is 0 Å². The summed E-state index contributed by atoms with van der Waals surface area (Å²) in [5.41, 5.74) is 2.97. The van der Waals surface area contributed by atoms with Crippen LogP contribution in [0.2, 0.25) is 5.02 Å². The second-order valence-electron chi connectivity index (χ2n) is 5.53. The van der Waals surface area contributed by atoms with E-state index in [1.54, 1.807) is 0 Å². The maximum absolute atomic E-state index is 6.31. The monoisotopic (exact) mass is 312 g/mol. The van der Waals surface area contributed by atoms with E-state index in [1.807, 2.05) is 18.2 Å². The van der Waals surface area contributed by atoms with E-state index in [-0.39, 0.29) is 0 Å². The molecule has 0 aliphatic carbocycles. The summed E-state index contributed by atoms with van der Waals surface area (Å²) in [4.78, 5) is 0. The zero-order chi connectivity index (χ0) is 15.8. The fourth-order valence-electron chi connectivity index (χ4n) is 3.09. The molecule has 0 radical (unpaired) electrons. The minimum absolute atomic E-state index is 0.613. The molecule has 0 atom stereocenters. The van der Waals surface area contributed by atoms with Gasteiger partial charge in [-0.2, -0.15) is 0 Å². The molecule has 0 amide bonds. The van der Waals surface area contributed by atoms with Crippen LogP contribution >= 0.6 is 11.6 Å². The molecular formula is C22H13Cl. The molecule has 0 bridgehead atoms. The van der Waals surface area contributed by atoms with E-state index in [0.717, 1.165) is 11.1 Å². The molecule has 108 valence electrons. The number of hydrogen-bond acceptors (Lipinski definition) is 0. The fraction of sp³-hybridized carbons (Fsp3) is 0. The van der Waals surface area contributed by atoms with Gasteiger partial charge in [-0.15, -0.1) is 6.42 Å². The first-order chi connectivity index (χ1) is 11.3. The molecule has 0 aliphatic rings. The minimum atomic E-state index is 0.613. The number of terminal acetylenes is 1. The Balaban J connectivity index is 2.10. The highest BCUT2D eigenvalue weighted by Crippen LogP contribution is 2.36. The van der Waals surface area contributed by atoms with Crippen LogP contribution in [0, 0.1) is 12.3 Å². The van der Waals surface area contributed by atoms with Gasteiger partial charge >= 0.3 is 0 Å². The normalized spacial score (nSPS) is 10.8. The summed E-state index contributed by atoms with van der Waals surface area (Å²) >= 11 is 6.31. The molecule has 23 heavy (non-hydrogen) atoms. The molecule has 1 heteroatoms. The summed E-state index contributed by atoms with van der Waals surface area (Å²) in [7, 11) is 0. The zero-order valence-corrected chi connectivity index (χ0v) is 13.1. The van der Waals surface area contributed by atoms with Crippen molar-refractivity contribution in [2.75, 3.05) is 0 Å². The van der Waals surface area contributed by atoms with Crippen molar-refractivity contribution in [2.24, 2.45) is 0 Å². The maximum atomic E-state index is 6.31. The van der Waals surface area contributed by atoms with Gasteiger partial charge in [0.25, 0.3) is 0 Å². The summed E-state index contributed by atoms with van der Waals surface area (Å²) in [5.74, 6) is 2.61. The van der Waals surface area contributed by atoms with Crippen LogP contribution in [-0.4, -0.2) is 0 Å². The van der Waals surface area contributed by atoms with Gasteiger partial charge in [0.2, 0.25) is 0 Å². The molecule has 0 N–H and O–H groups in total. The topological polar surface area (TPSA) is 0 Å².